The first-order chi connectivity index (χ1) is 13.1. The number of thiazole rings is 1. The van der Waals surface area contributed by atoms with Crippen molar-refractivity contribution in [3.63, 3.8) is 0 Å². The summed E-state index contributed by atoms with van der Waals surface area (Å²) in [7, 11) is 0. The average Bonchev–Trinajstić information content (AvgIpc) is 3.02. The molecule has 160 valence electrons. The number of amides is 1. The lowest BCUT2D eigenvalue weighted by atomic mass is 10.2. The maximum Gasteiger partial charge on any atom is 0.222 e. The second-order valence-corrected chi connectivity index (χ2v) is 8.20. The molecule has 1 amide bonds. The van der Waals surface area contributed by atoms with Gasteiger partial charge < -0.3 is 15.5 Å². The summed E-state index contributed by atoms with van der Waals surface area (Å²) in [6.07, 6.45) is 5.87. The zero-order valence-electron chi connectivity index (χ0n) is 17.5. The largest absolute Gasteiger partial charge is 0.357 e. The van der Waals surface area contributed by atoms with E-state index in [2.05, 4.69) is 46.8 Å². The van der Waals surface area contributed by atoms with Gasteiger partial charge in [0.1, 0.15) is 0 Å². The Morgan fingerprint density at radius 3 is 2.86 bits per heavy atom. The van der Waals surface area contributed by atoms with Crippen molar-refractivity contribution in [2.45, 2.75) is 65.2 Å². The van der Waals surface area contributed by atoms with Crippen LogP contribution in [0, 0.1) is 0 Å². The van der Waals surface area contributed by atoms with E-state index in [9.17, 15) is 4.79 Å². The topological polar surface area (TPSA) is 69.6 Å². The zero-order chi connectivity index (χ0) is 19.5. The Labute approximate surface area is 191 Å². The summed E-state index contributed by atoms with van der Waals surface area (Å²) in [6.45, 7) is 10.5. The molecule has 2 N–H and O–H groups in total. The van der Waals surface area contributed by atoms with E-state index >= 15 is 0 Å². The van der Waals surface area contributed by atoms with Gasteiger partial charge in [-0.2, -0.15) is 0 Å². The van der Waals surface area contributed by atoms with Crippen molar-refractivity contribution < 1.29 is 4.79 Å². The molecule has 28 heavy (non-hydrogen) atoms. The van der Waals surface area contributed by atoms with Gasteiger partial charge >= 0.3 is 0 Å². The molecular weight excluding hydrogens is 485 g/mol. The Morgan fingerprint density at radius 1 is 1.32 bits per heavy atom. The van der Waals surface area contributed by atoms with Gasteiger partial charge in [0.2, 0.25) is 5.91 Å². The minimum absolute atomic E-state index is 0. The highest BCUT2D eigenvalue weighted by atomic mass is 127. The molecule has 0 bridgehead atoms. The molecule has 0 aromatic carbocycles. The Bertz CT molecular complexity index is 605. The smallest absolute Gasteiger partial charge is 0.222 e. The summed E-state index contributed by atoms with van der Waals surface area (Å²) in [5, 5.41) is 10.0. The van der Waals surface area contributed by atoms with Gasteiger partial charge in [-0.15, -0.1) is 35.3 Å². The van der Waals surface area contributed by atoms with E-state index in [1.165, 1.54) is 11.4 Å². The van der Waals surface area contributed by atoms with Crippen LogP contribution in [-0.4, -0.2) is 54.5 Å². The summed E-state index contributed by atoms with van der Waals surface area (Å²) >= 11 is 1.74. The Kier molecular flexibility index (Phi) is 12.7. The van der Waals surface area contributed by atoms with Crippen molar-refractivity contribution in [3.8, 4) is 0 Å². The first kappa shape index (κ1) is 25.1. The van der Waals surface area contributed by atoms with Crippen molar-refractivity contribution in [1.82, 2.24) is 20.5 Å². The molecule has 0 atom stereocenters. The van der Waals surface area contributed by atoms with E-state index in [1.807, 2.05) is 4.90 Å². The van der Waals surface area contributed by atoms with E-state index in [4.69, 9.17) is 0 Å². The van der Waals surface area contributed by atoms with Crippen molar-refractivity contribution in [2.75, 3.05) is 32.7 Å². The third kappa shape index (κ3) is 9.07. The lowest BCUT2D eigenvalue weighted by Gasteiger charge is -2.20. The molecule has 2 heterocycles. The molecule has 1 aromatic heterocycles. The fourth-order valence-corrected chi connectivity index (χ4v) is 3.95. The SMILES string of the molecule is CCNC(=NCCCN1CCCCCC1=O)NCCc1csc(C(C)C)n1.I. The fourth-order valence-electron chi connectivity index (χ4n) is 3.08. The Hall–Kier alpha value is -0.900. The van der Waals surface area contributed by atoms with Crippen LogP contribution in [0.4, 0.5) is 0 Å². The van der Waals surface area contributed by atoms with Crippen molar-refractivity contribution in [3.05, 3.63) is 16.1 Å². The molecule has 8 heteroatoms. The van der Waals surface area contributed by atoms with E-state index < -0.39 is 0 Å². The van der Waals surface area contributed by atoms with E-state index in [-0.39, 0.29) is 24.0 Å². The van der Waals surface area contributed by atoms with Crippen LogP contribution in [0.2, 0.25) is 0 Å². The number of aromatic nitrogens is 1. The third-order valence-electron chi connectivity index (χ3n) is 4.61. The minimum atomic E-state index is 0. The predicted octanol–water partition coefficient (Wildman–Crippen LogP) is 3.77. The number of carbonyl (C=O) groups is 1. The van der Waals surface area contributed by atoms with Gasteiger partial charge in [-0.3, -0.25) is 9.79 Å². The lowest BCUT2D eigenvalue weighted by molar-refractivity contribution is -0.130. The summed E-state index contributed by atoms with van der Waals surface area (Å²) < 4.78 is 0. The van der Waals surface area contributed by atoms with Crippen LogP contribution in [0.15, 0.2) is 10.4 Å². The van der Waals surface area contributed by atoms with Crippen LogP contribution in [0.3, 0.4) is 0 Å². The number of likely N-dealkylation sites (tertiary alicyclic amines) is 1. The molecule has 6 nitrogen and oxygen atoms in total. The van der Waals surface area contributed by atoms with Crippen LogP contribution >= 0.6 is 35.3 Å². The molecule has 1 saturated heterocycles. The lowest BCUT2D eigenvalue weighted by Crippen LogP contribution is -2.38. The number of nitrogens with one attached hydrogen (secondary N) is 2. The number of hydrogen-bond donors (Lipinski definition) is 2. The summed E-state index contributed by atoms with van der Waals surface area (Å²) in [5.74, 6) is 1.65. The maximum atomic E-state index is 12.0. The molecule has 0 saturated carbocycles. The van der Waals surface area contributed by atoms with Crippen molar-refractivity contribution in [1.29, 1.82) is 0 Å². The highest BCUT2D eigenvalue weighted by Crippen LogP contribution is 2.19. The van der Waals surface area contributed by atoms with Gasteiger partial charge in [0.25, 0.3) is 0 Å². The number of rotatable bonds is 9. The van der Waals surface area contributed by atoms with E-state index in [1.54, 1.807) is 11.3 Å². The summed E-state index contributed by atoms with van der Waals surface area (Å²) in [6, 6.07) is 0. The molecule has 0 radical (unpaired) electrons. The molecule has 0 unspecified atom stereocenters. The first-order valence-corrected chi connectivity index (χ1v) is 11.2. The molecular formula is C20H36IN5OS. The Morgan fingerprint density at radius 2 is 2.14 bits per heavy atom. The van der Waals surface area contributed by atoms with Gasteiger partial charge in [0.05, 0.1) is 10.7 Å². The highest BCUT2D eigenvalue weighted by Gasteiger charge is 2.15. The van der Waals surface area contributed by atoms with Gasteiger partial charge in [-0.05, 0) is 26.2 Å². The maximum absolute atomic E-state index is 12.0. The van der Waals surface area contributed by atoms with Gasteiger partial charge in [0.15, 0.2) is 5.96 Å². The molecule has 2 rings (SSSR count). The number of carbonyl (C=O) groups excluding carboxylic acids is 1. The quantitative estimate of drug-likeness (QED) is 0.225. The molecule has 1 aromatic rings. The van der Waals surface area contributed by atoms with E-state index in [0.717, 1.165) is 70.1 Å². The van der Waals surface area contributed by atoms with Crippen LogP contribution in [0.5, 0.6) is 0 Å². The standard InChI is InChI=1S/C20H35N5OS.HI/c1-4-21-20(23-12-10-17-15-27-19(24-17)16(2)3)22-11-8-14-25-13-7-5-6-9-18(25)26;/h15-16H,4-14H2,1-3H3,(H2,21,22,23);1H. The van der Waals surface area contributed by atoms with Crippen LogP contribution in [-0.2, 0) is 11.2 Å². The molecule has 1 aliphatic rings. The van der Waals surface area contributed by atoms with Crippen molar-refractivity contribution in [2.24, 2.45) is 4.99 Å². The fraction of sp³-hybridized carbons (Fsp3) is 0.750. The van der Waals surface area contributed by atoms with Gasteiger partial charge in [-0.25, -0.2) is 4.98 Å². The Balaban J connectivity index is 0.00000392. The zero-order valence-corrected chi connectivity index (χ0v) is 20.6. The summed E-state index contributed by atoms with van der Waals surface area (Å²) in [5.41, 5.74) is 1.15. The monoisotopic (exact) mass is 521 g/mol. The van der Waals surface area contributed by atoms with Crippen LogP contribution < -0.4 is 10.6 Å². The number of halogens is 1. The number of guanidine groups is 1. The average molecular weight is 522 g/mol. The first-order valence-electron chi connectivity index (χ1n) is 10.3. The molecule has 1 fully saturated rings. The number of hydrogen-bond acceptors (Lipinski definition) is 4. The predicted molar refractivity (Wildman–Crippen MR) is 129 cm³/mol. The molecule has 0 spiro atoms. The van der Waals surface area contributed by atoms with Crippen LogP contribution in [0.25, 0.3) is 0 Å². The number of aliphatic imine (C=N–C) groups is 1. The normalized spacial score (nSPS) is 15.4. The molecule has 1 aliphatic heterocycles. The van der Waals surface area contributed by atoms with Crippen molar-refractivity contribution >= 4 is 47.2 Å². The van der Waals surface area contributed by atoms with Crippen LogP contribution in [0.1, 0.15) is 69.5 Å². The second kappa shape index (κ2) is 14.1. The minimum Gasteiger partial charge on any atom is -0.357 e. The van der Waals surface area contributed by atoms with Gasteiger partial charge in [0, 0.05) is 56.9 Å². The number of nitrogens with zero attached hydrogens (tertiary/aromatic N) is 3. The molecule has 0 aliphatic carbocycles. The van der Waals surface area contributed by atoms with Gasteiger partial charge in [-0.1, -0.05) is 20.3 Å². The van der Waals surface area contributed by atoms with E-state index in [0.29, 0.717) is 18.2 Å². The second-order valence-electron chi connectivity index (χ2n) is 7.31. The summed E-state index contributed by atoms with van der Waals surface area (Å²) in [4.78, 5) is 23.4. The third-order valence-corrected chi connectivity index (χ3v) is 5.80. The highest BCUT2D eigenvalue weighted by molar-refractivity contribution is 14.0.